The zero-order valence-electron chi connectivity index (χ0n) is 7.78. The average Bonchev–Trinajstić information content (AvgIpc) is 1.57. The predicted octanol–water partition coefficient (Wildman–Crippen LogP) is 3.47. The standard InChI is InChI=1S/C10H20/c1-8(2)10(3,4)9-6-5-7-9/h8-9H,5-7H2,1-4H3. The Bertz CT molecular complexity index is 107. The summed E-state index contributed by atoms with van der Waals surface area (Å²) in [5, 5.41) is 0. The minimum atomic E-state index is 0.595. The summed E-state index contributed by atoms with van der Waals surface area (Å²) in [5.41, 5.74) is 0.595. The molecule has 10 heavy (non-hydrogen) atoms. The maximum atomic E-state index is 2.42. The number of hydrogen-bond acceptors (Lipinski definition) is 0. The molecule has 1 saturated carbocycles. The van der Waals surface area contributed by atoms with E-state index in [4.69, 9.17) is 0 Å². The Kier molecular flexibility index (Phi) is 2.07. The molecule has 0 heteroatoms. The highest BCUT2D eigenvalue weighted by atomic mass is 14.4. The maximum Gasteiger partial charge on any atom is -0.0303 e. The molecule has 1 aliphatic rings. The Morgan fingerprint density at radius 3 is 1.80 bits per heavy atom. The van der Waals surface area contributed by atoms with Crippen molar-refractivity contribution in [1.29, 1.82) is 0 Å². The first-order valence-electron chi connectivity index (χ1n) is 4.55. The molecule has 0 aromatic carbocycles. The van der Waals surface area contributed by atoms with Crippen molar-refractivity contribution in [2.24, 2.45) is 17.3 Å². The van der Waals surface area contributed by atoms with Gasteiger partial charge < -0.3 is 0 Å². The summed E-state index contributed by atoms with van der Waals surface area (Å²) in [6.07, 6.45) is 4.43. The molecule has 0 aliphatic heterocycles. The van der Waals surface area contributed by atoms with Gasteiger partial charge in [-0.15, -0.1) is 0 Å². The van der Waals surface area contributed by atoms with Crippen molar-refractivity contribution in [3.05, 3.63) is 0 Å². The van der Waals surface area contributed by atoms with E-state index in [1.165, 1.54) is 19.3 Å². The van der Waals surface area contributed by atoms with Crippen LogP contribution in [-0.2, 0) is 0 Å². The van der Waals surface area contributed by atoms with Crippen LogP contribution in [0.25, 0.3) is 0 Å². The molecule has 0 spiro atoms. The van der Waals surface area contributed by atoms with E-state index in [0.29, 0.717) is 5.41 Å². The van der Waals surface area contributed by atoms with E-state index in [-0.39, 0.29) is 0 Å². The third-order valence-corrected chi connectivity index (χ3v) is 3.65. The molecule has 1 fully saturated rings. The molecule has 1 aliphatic carbocycles. The van der Waals surface area contributed by atoms with Crippen molar-refractivity contribution >= 4 is 0 Å². The van der Waals surface area contributed by atoms with E-state index in [9.17, 15) is 0 Å². The van der Waals surface area contributed by atoms with Gasteiger partial charge in [-0.05, 0) is 30.1 Å². The fourth-order valence-corrected chi connectivity index (χ4v) is 1.62. The molecule has 0 atom stereocenters. The third-order valence-electron chi connectivity index (χ3n) is 3.65. The van der Waals surface area contributed by atoms with Crippen LogP contribution in [0.5, 0.6) is 0 Å². The van der Waals surface area contributed by atoms with Crippen LogP contribution in [0.1, 0.15) is 47.0 Å². The van der Waals surface area contributed by atoms with Crippen LogP contribution >= 0.6 is 0 Å². The molecule has 0 heterocycles. The van der Waals surface area contributed by atoms with E-state index < -0.39 is 0 Å². The Morgan fingerprint density at radius 1 is 1.20 bits per heavy atom. The zero-order valence-corrected chi connectivity index (χ0v) is 7.78. The van der Waals surface area contributed by atoms with Crippen molar-refractivity contribution in [3.8, 4) is 0 Å². The van der Waals surface area contributed by atoms with Crippen LogP contribution in [0, 0.1) is 17.3 Å². The van der Waals surface area contributed by atoms with Gasteiger partial charge in [0.05, 0.1) is 0 Å². The van der Waals surface area contributed by atoms with E-state index in [1.807, 2.05) is 0 Å². The smallest absolute Gasteiger partial charge is 0.0303 e. The van der Waals surface area contributed by atoms with E-state index >= 15 is 0 Å². The fourth-order valence-electron chi connectivity index (χ4n) is 1.62. The molecule has 0 amide bonds. The van der Waals surface area contributed by atoms with Gasteiger partial charge in [-0.2, -0.15) is 0 Å². The summed E-state index contributed by atoms with van der Waals surface area (Å²) in [7, 11) is 0. The van der Waals surface area contributed by atoms with Crippen molar-refractivity contribution in [2.45, 2.75) is 47.0 Å². The lowest BCUT2D eigenvalue weighted by Crippen LogP contribution is -2.33. The van der Waals surface area contributed by atoms with Crippen LogP contribution in [0.2, 0.25) is 0 Å². The van der Waals surface area contributed by atoms with Gasteiger partial charge in [0.15, 0.2) is 0 Å². The van der Waals surface area contributed by atoms with Crippen LogP contribution in [0.4, 0.5) is 0 Å². The maximum absolute atomic E-state index is 2.42. The molecule has 0 unspecified atom stereocenters. The van der Waals surface area contributed by atoms with Gasteiger partial charge in [-0.25, -0.2) is 0 Å². The topological polar surface area (TPSA) is 0 Å². The first kappa shape index (κ1) is 8.10. The highest BCUT2D eigenvalue weighted by molar-refractivity contribution is 4.86. The van der Waals surface area contributed by atoms with Crippen LogP contribution in [0.3, 0.4) is 0 Å². The van der Waals surface area contributed by atoms with Gasteiger partial charge in [0.2, 0.25) is 0 Å². The van der Waals surface area contributed by atoms with Gasteiger partial charge >= 0.3 is 0 Å². The molecule has 60 valence electrons. The van der Waals surface area contributed by atoms with Crippen LogP contribution in [-0.4, -0.2) is 0 Å². The normalized spacial score (nSPS) is 21.3. The predicted molar refractivity (Wildman–Crippen MR) is 46.0 cm³/mol. The lowest BCUT2D eigenvalue weighted by atomic mass is 9.62. The Labute approximate surface area is 65.0 Å². The summed E-state index contributed by atoms with van der Waals surface area (Å²) in [4.78, 5) is 0. The molecule has 0 aromatic heterocycles. The van der Waals surface area contributed by atoms with Crippen molar-refractivity contribution in [1.82, 2.24) is 0 Å². The first-order valence-corrected chi connectivity index (χ1v) is 4.55. The molecule has 1 rings (SSSR count). The monoisotopic (exact) mass is 140 g/mol. The molecule has 0 saturated heterocycles. The summed E-state index contributed by atoms with van der Waals surface area (Å²) in [5.74, 6) is 1.87. The second kappa shape index (κ2) is 2.56. The van der Waals surface area contributed by atoms with Crippen molar-refractivity contribution in [3.63, 3.8) is 0 Å². The van der Waals surface area contributed by atoms with Gasteiger partial charge in [0, 0.05) is 0 Å². The minimum absolute atomic E-state index is 0.595. The second-order valence-corrected chi connectivity index (χ2v) is 4.60. The lowest BCUT2D eigenvalue weighted by molar-refractivity contribution is 0.0715. The fraction of sp³-hybridized carbons (Fsp3) is 1.00. The van der Waals surface area contributed by atoms with E-state index in [0.717, 1.165) is 11.8 Å². The van der Waals surface area contributed by atoms with E-state index in [2.05, 4.69) is 27.7 Å². The SMILES string of the molecule is CC(C)C(C)(C)C1CCC1. The molecule has 0 nitrogen and oxygen atoms in total. The van der Waals surface area contributed by atoms with Gasteiger partial charge in [-0.3, -0.25) is 0 Å². The summed E-state index contributed by atoms with van der Waals surface area (Å²) in [6, 6.07) is 0. The summed E-state index contributed by atoms with van der Waals surface area (Å²) < 4.78 is 0. The zero-order chi connectivity index (χ0) is 7.78. The Hall–Kier alpha value is 0. The lowest BCUT2D eigenvalue weighted by Gasteiger charge is -2.43. The molecular formula is C10H20. The molecule has 0 N–H and O–H groups in total. The third kappa shape index (κ3) is 1.21. The molecular weight excluding hydrogens is 120 g/mol. The second-order valence-electron chi connectivity index (χ2n) is 4.60. The number of rotatable bonds is 2. The first-order chi connectivity index (χ1) is 4.55. The molecule has 0 bridgehead atoms. The Morgan fingerprint density at radius 2 is 1.70 bits per heavy atom. The highest BCUT2D eigenvalue weighted by Gasteiger charge is 2.35. The number of hydrogen-bond donors (Lipinski definition) is 0. The van der Waals surface area contributed by atoms with Gasteiger partial charge in [0.25, 0.3) is 0 Å². The van der Waals surface area contributed by atoms with Crippen LogP contribution in [0.15, 0.2) is 0 Å². The summed E-state index contributed by atoms with van der Waals surface area (Å²) in [6.45, 7) is 9.53. The quantitative estimate of drug-likeness (QED) is 0.551. The highest BCUT2D eigenvalue weighted by Crippen LogP contribution is 2.45. The summed E-state index contributed by atoms with van der Waals surface area (Å²) >= 11 is 0. The van der Waals surface area contributed by atoms with Crippen molar-refractivity contribution < 1.29 is 0 Å². The molecule has 0 aromatic rings. The van der Waals surface area contributed by atoms with Gasteiger partial charge in [-0.1, -0.05) is 34.1 Å². The van der Waals surface area contributed by atoms with Crippen LogP contribution < -0.4 is 0 Å². The van der Waals surface area contributed by atoms with Gasteiger partial charge in [0.1, 0.15) is 0 Å². The Balaban J connectivity index is 2.48. The largest absolute Gasteiger partial charge is 0.0623 e. The van der Waals surface area contributed by atoms with Crippen molar-refractivity contribution in [2.75, 3.05) is 0 Å². The molecule has 0 radical (unpaired) electrons. The average molecular weight is 140 g/mol. The van der Waals surface area contributed by atoms with E-state index in [1.54, 1.807) is 0 Å². The minimum Gasteiger partial charge on any atom is -0.0623 e.